The van der Waals surface area contributed by atoms with Gasteiger partial charge in [-0.15, -0.1) is 5.10 Å². The summed E-state index contributed by atoms with van der Waals surface area (Å²) in [7, 11) is 0. The molecule has 2 aromatic heterocycles. The van der Waals surface area contributed by atoms with Crippen LogP contribution in [0.15, 0.2) is 10.7 Å². The third-order valence-corrected chi connectivity index (χ3v) is 2.46. The lowest BCUT2D eigenvalue weighted by atomic mass is 10.4. The lowest BCUT2D eigenvalue weighted by molar-refractivity contribution is 0.0686. The number of aryl methyl sites for hydroxylation is 1. The standard InChI is InChI=1S/C8H7BrN4O2/c1-2-5-11-8-10-3-4(9)6(7(14)15)13(8)12-5/h3H,2H2,1H3,(H,14,15). The van der Waals surface area contributed by atoms with Crippen LogP contribution in [0.3, 0.4) is 0 Å². The van der Waals surface area contributed by atoms with Gasteiger partial charge in [0.15, 0.2) is 11.5 Å². The average Bonchev–Trinajstić information content (AvgIpc) is 2.59. The molecule has 2 aromatic rings. The van der Waals surface area contributed by atoms with E-state index in [1.165, 1.54) is 10.7 Å². The van der Waals surface area contributed by atoms with Gasteiger partial charge in [-0.1, -0.05) is 6.92 Å². The van der Waals surface area contributed by atoms with E-state index in [0.29, 0.717) is 22.5 Å². The second-order valence-corrected chi connectivity index (χ2v) is 3.71. The number of nitrogens with zero attached hydrogens (tertiary/aromatic N) is 4. The Labute approximate surface area is 93.1 Å². The van der Waals surface area contributed by atoms with Gasteiger partial charge in [0.1, 0.15) is 0 Å². The van der Waals surface area contributed by atoms with E-state index in [1.807, 2.05) is 6.92 Å². The van der Waals surface area contributed by atoms with Crippen LogP contribution in [-0.4, -0.2) is 30.7 Å². The number of carboxylic acid groups (broad SMARTS) is 1. The van der Waals surface area contributed by atoms with Crippen molar-refractivity contribution in [2.24, 2.45) is 0 Å². The maximum atomic E-state index is 11.0. The van der Waals surface area contributed by atoms with Crippen LogP contribution in [0.4, 0.5) is 0 Å². The number of aromatic carboxylic acids is 1. The Morgan fingerprint density at radius 3 is 3.00 bits per heavy atom. The predicted molar refractivity (Wildman–Crippen MR) is 54.8 cm³/mol. The summed E-state index contributed by atoms with van der Waals surface area (Å²) in [6.45, 7) is 1.89. The smallest absolute Gasteiger partial charge is 0.355 e. The number of hydrogen-bond donors (Lipinski definition) is 1. The van der Waals surface area contributed by atoms with Gasteiger partial charge in [-0.2, -0.15) is 9.50 Å². The van der Waals surface area contributed by atoms with E-state index < -0.39 is 5.97 Å². The number of aromatic nitrogens is 4. The Balaban J connectivity index is 2.80. The quantitative estimate of drug-likeness (QED) is 0.886. The van der Waals surface area contributed by atoms with E-state index in [4.69, 9.17) is 5.11 Å². The van der Waals surface area contributed by atoms with Crippen LogP contribution in [0.25, 0.3) is 5.78 Å². The first kappa shape index (κ1) is 10.0. The van der Waals surface area contributed by atoms with Gasteiger partial charge in [-0.05, 0) is 15.9 Å². The molecule has 0 unspecified atom stereocenters. The monoisotopic (exact) mass is 270 g/mol. The highest BCUT2D eigenvalue weighted by molar-refractivity contribution is 9.10. The molecule has 15 heavy (non-hydrogen) atoms. The molecule has 7 heteroatoms. The van der Waals surface area contributed by atoms with Gasteiger partial charge in [0.05, 0.1) is 4.47 Å². The minimum absolute atomic E-state index is 0.0344. The fraction of sp³-hybridized carbons (Fsp3) is 0.250. The summed E-state index contributed by atoms with van der Waals surface area (Å²) in [5.41, 5.74) is 0.0344. The highest BCUT2D eigenvalue weighted by atomic mass is 79.9. The van der Waals surface area contributed by atoms with Gasteiger partial charge in [-0.25, -0.2) is 9.78 Å². The van der Waals surface area contributed by atoms with Crippen LogP contribution in [-0.2, 0) is 6.42 Å². The Kier molecular flexibility index (Phi) is 2.39. The van der Waals surface area contributed by atoms with E-state index >= 15 is 0 Å². The largest absolute Gasteiger partial charge is 0.476 e. The van der Waals surface area contributed by atoms with E-state index in [9.17, 15) is 4.79 Å². The van der Waals surface area contributed by atoms with Crippen LogP contribution in [0, 0.1) is 0 Å². The first-order chi connectivity index (χ1) is 7.13. The minimum Gasteiger partial charge on any atom is -0.476 e. The molecule has 0 bridgehead atoms. The molecule has 0 saturated carbocycles. The van der Waals surface area contributed by atoms with Crippen LogP contribution < -0.4 is 0 Å². The zero-order valence-electron chi connectivity index (χ0n) is 7.81. The minimum atomic E-state index is -1.07. The molecule has 1 N–H and O–H groups in total. The molecular weight excluding hydrogens is 264 g/mol. The predicted octanol–water partition coefficient (Wildman–Crippen LogP) is 1.15. The summed E-state index contributed by atoms with van der Waals surface area (Å²) in [6.07, 6.45) is 2.05. The fourth-order valence-corrected chi connectivity index (χ4v) is 1.64. The molecule has 0 aliphatic carbocycles. The van der Waals surface area contributed by atoms with Crippen molar-refractivity contribution in [1.29, 1.82) is 0 Å². The zero-order chi connectivity index (χ0) is 11.0. The molecule has 0 aliphatic rings. The Hall–Kier alpha value is -1.50. The van der Waals surface area contributed by atoms with Gasteiger partial charge in [-0.3, -0.25) is 0 Å². The van der Waals surface area contributed by atoms with Crippen LogP contribution >= 0.6 is 15.9 Å². The molecule has 0 atom stereocenters. The zero-order valence-corrected chi connectivity index (χ0v) is 9.39. The highest BCUT2D eigenvalue weighted by Crippen LogP contribution is 2.16. The molecule has 0 spiro atoms. The summed E-state index contributed by atoms with van der Waals surface area (Å²) < 4.78 is 1.61. The second kappa shape index (κ2) is 3.58. The van der Waals surface area contributed by atoms with Crippen molar-refractivity contribution in [3.05, 3.63) is 22.2 Å². The number of carbonyl (C=O) groups is 1. The molecule has 0 aliphatic heterocycles. The Morgan fingerprint density at radius 1 is 1.67 bits per heavy atom. The van der Waals surface area contributed by atoms with Gasteiger partial charge < -0.3 is 5.11 Å². The number of carboxylic acids is 1. The van der Waals surface area contributed by atoms with Crippen molar-refractivity contribution < 1.29 is 9.90 Å². The number of rotatable bonds is 2. The fourth-order valence-electron chi connectivity index (χ4n) is 1.20. The van der Waals surface area contributed by atoms with E-state index in [-0.39, 0.29) is 5.69 Å². The summed E-state index contributed by atoms with van der Waals surface area (Å²) in [5.74, 6) is -0.197. The van der Waals surface area contributed by atoms with Gasteiger partial charge in [0.25, 0.3) is 5.78 Å². The Bertz CT molecular complexity index is 537. The molecule has 0 amide bonds. The molecule has 0 radical (unpaired) electrons. The topological polar surface area (TPSA) is 80.4 Å². The van der Waals surface area contributed by atoms with Crippen molar-refractivity contribution in [3.8, 4) is 0 Å². The van der Waals surface area contributed by atoms with E-state index in [2.05, 4.69) is 31.0 Å². The average molecular weight is 271 g/mol. The summed E-state index contributed by atoms with van der Waals surface area (Å²) in [4.78, 5) is 19.0. The molecule has 0 aromatic carbocycles. The normalized spacial score (nSPS) is 10.8. The summed E-state index contributed by atoms with van der Waals surface area (Å²) in [6, 6.07) is 0. The van der Waals surface area contributed by atoms with Crippen molar-refractivity contribution in [1.82, 2.24) is 19.6 Å². The van der Waals surface area contributed by atoms with Crippen molar-refractivity contribution >= 4 is 27.7 Å². The lowest BCUT2D eigenvalue weighted by Gasteiger charge is -1.99. The van der Waals surface area contributed by atoms with Crippen LogP contribution in [0.5, 0.6) is 0 Å². The number of halogens is 1. The SMILES string of the molecule is CCc1nc2ncc(Br)c(C(=O)O)n2n1. The second-order valence-electron chi connectivity index (χ2n) is 2.85. The maximum absolute atomic E-state index is 11.0. The number of fused-ring (bicyclic) bond motifs is 1. The molecule has 0 saturated heterocycles. The summed E-state index contributed by atoms with van der Waals surface area (Å²) in [5, 5.41) is 13.0. The van der Waals surface area contributed by atoms with Gasteiger partial charge in [0.2, 0.25) is 0 Å². The highest BCUT2D eigenvalue weighted by Gasteiger charge is 2.16. The molecule has 2 rings (SSSR count). The first-order valence-electron chi connectivity index (χ1n) is 4.27. The van der Waals surface area contributed by atoms with Crippen molar-refractivity contribution in [2.45, 2.75) is 13.3 Å². The van der Waals surface area contributed by atoms with Crippen LogP contribution in [0.1, 0.15) is 23.2 Å². The molecular formula is C8H7BrN4O2. The maximum Gasteiger partial charge on any atom is 0.355 e. The molecule has 2 heterocycles. The van der Waals surface area contributed by atoms with Gasteiger partial charge >= 0.3 is 5.97 Å². The first-order valence-corrected chi connectivity index (χ1v) is 5.06. The third kappa shape index (κ3) is 1.58. The van der Waals surface area contributed by atoms with Gasteiger partial charge in [0, 0.05) is 12.6 Å². The number of hydrogen-bond acceptors (Lipinski definition) is 4. The summed E-state index contributed by atoms with van der Waals surface area (Å²) >= 11 is 3.12. The van der Waals surface area contributed by atoms with E-state index in [1.54, 1.807) is 0 Å². The molecule has 6 nitrogen and oxygen atoms in total. The third-order valence-electron chi connectivity index (χ3n) is 1.88. The van der Waals surface area contributed by atoms with E-state index in [0.717, 1.165) is 0 Å². The molecule has 78 valence electrons. The Morgan fingerprint density at radius 2 is 2.40 bits per heavy atom. The van der Waals surface area contributed by atoms with Crippen LogP contribution in [0.2, 0.25) is 0 Å². The lowest BCUT2D eigenvalue weighted by Crippen LogP contribution is -2.08. The van der Waals surface area contributed by atoms with Crippen molar-refractivity contribution in [3.63, 3.8) is 0 Å². The van der Waals surface area contributed by atoms with Crippen molar-refractivity contribution in [2.75, 3.05) is 0 Å². The molecule has 0 fully saturated rings.